The molecular formula is C13H25N5O. The molecule has 2 rings (SSSR count). The van der Waals surface area contributed by atoms with E-state index >= 15 is 0 Å². The lowest BCUT2D eigenvalue weighted by Gasteiger charge is -2.36. The van der Waals surface area contributed by atoms with Crippen molar-refractivity contribution in [1.29, 1.82) is 0 Å². The molecule has 1 aromatic rings. The maximum atomic E-state index is 5.81. The van der Waals surface area contributed by atoms with Gasteiger partial charge in [-0.25, -0.2) is 0 Å². The lowest BCUT2D eigenvalue weighted by Crippen LogP contribution is -2.50. The first kappa shape index (κ1) is 14.3. The van der Waals surface area contributed by atoms with Crippen molar-refractivity contribution < 1.29 is 4.42 Å². The highest BCUT2D eigenvalue weighted by Crippen LogP contribution is 2.21. The quantitative estimate of drug-likeness (QED) is 0.867. The van der Waals surface area contributed by atoms with Crippen molar-refractivity contribution in [3.05, 3.63) is 5.89 Å². The van der Waals surface area contributed by atoms with Gasteiger partial charge in [0.1, 0.15) is 0 Å². The molecule has 6 nitrogen and oxygen atoms in total. The van der Waals surface area contributed by atoms with Crippen LogP contribution in [0, 0.1) is 0 Å². The smallest absolute Gasteiger partial charge is 0.318 e. The highest BCUT2D eigenvalue weighted by Gasteiger charge is 2.26. The van der Waals surface area contributed by atoms with Crippen LogP contribution in [-0.2, 0) is 0 Å². The minimum atomic E-state index is 0.115. The van der Waals surface area contributed by atoms with Gasteiger partial charge in [-0.2, -0.15) is 0 Å². The van der Waals surface area contributed by atoms with Gasteiger partial charge in [-0.1, -0.05) is 12.0 Å². The Morgan fingerprint density at radius 3 is 2.89 bits per heavy atom. The molecular weight excluding hydrogens is 242 g/mol. The number of nitrogens with one attached hydrogen (secondary N) is 1. The zero-order chi connectivity index (χ0) is 13.8. The van der Waals surface area contributed by atoms with Gasteiger partial charge in [0.05, 0.1) is 6.04 Å². The van der Waals surface area contributed by atoms with E-state index in [2.05, 4.69) is 53.1 Å². The Bertz CT molecular complexity index is 394. The number of likely N-dealkylation sites (N-methyl/N-ethyl adjacent to an activating group) is 1. The van der Waals surface area contributed by atoms with Crippen LogP contribution in [-0.4, -0.2) is 54.4 Å². The second kappa shape index (κ2) is 6.34. The number of nitrogens with zero attached hydrogens (tertiary/aromatic N) is 4. The Morgan fingerprint density at radius 1 is 1.42 bits per heavy atom. The predicted octanol–water partition coefficient (Wildman–Crippen LogP) is 1.27. The number of hydrogen-bond acceptors (Lipinski definition) is 6. The normalized spacial score (nSPS) is 22.7. The SMILES string of the molecule is CCCNC(C)c1nnc(N2CCN(C)CC2C)o1. The molecule has 1 aromatic heterocycles. The van der Waals surface area contributed by atoms with Crippen molar-refractivity contribution >= 4 is 6.01 Å². The second-order valence-electron chi connectivity index (χ2n) is 5.40. The fraction of sp³-hybridized carbons (Fsp3) is 0.846. The number of aromatic nitrogens is 2. The molecule has 1 saturated heterocycles. The van der Waals surface area contributed by atoms with E-state index in [-0.39, 0.29) is 6.04 Å². The van der Waals surface area contributed by atoms with Gasteiger partial charge in [-0.05, 0) is 33.9 Å². The van der Waals surface area contributed by atoms with E-state index in [4.69, 9.17) is 4.42 Å². The minimum Gasteiger partial charge on any atom is -0.406 e. The second-order valence-corrected chi connectivity index (χ2v) is 5.40. The van der Waals surface area contributed by atoms with E-state index < -0.39 is 0 Å². The van der Waals surface area contributed by atoms with Gasteiger partial charge in [0.2, 0.25) is 5.89 Å². The zero-order valence-electron chi connectivity index (χ0n) is 12.4. The van der Waals surface area contributed by atoms with Crippen LogP contribution in [0.4, 0.5) is 6.01 Å². The largest absolute Gasteiger partial charge is 0.406 e. The lowest BCUT2D eigenvalue weighted by molar-refractivity contribution is 0.265. The first-order chi connectivity index (χ1) is 9.11. The van der Waals surface area contributed by atoms with Crippen molar-refractivity contribution in [3.8, 4) is 0 Å². The van der Waals surface area contributed by atoms with E-state index in [0.717, 1.165) is 32.6 Å². The van der Waals surface area contributed by atoms with Gasteiger partial charge >= 0.3 is 6.01 Å². The van der Waals surface area contributed by atoms with E-state index in [0.29, 0.717) is 17.9 Å². The Hall–Kier alpha value is -1.14. The molecule has 2 heterocycles. The predicted molar refractivity (Wildman–Crippen MR) is 75.3 cm³/mol. The molecule has 1 fully saturated rings. The zero-order valence-corrected chi connectivity index (χ0v) is 12.4. The number of rotatable bonds is 5. The molecule has 0 saturated carbocycles. The number of piperazine rings is 1. The monoisotopic (exact) mass is 267 g/mol. The molecule has 0 amide bonds. The summed E-state index contributed by atoms with van der Waals surface area (Å²) in [6.07, 6.45) is 1.10. The fourth-order valence-corrected chi connectivity index (χ4v) is 2.39. The Kier molecular flexibility index (Phi) is 4.76. The summed E-state index contributed by atoms with van der Waals surface area (Å²) < 4.78 is 5.81. The van der Waals surface area contributed by atoms with Crippen molar-refractivity contribution in [3.63, 3.8) is 0 Å². The molecule has 2 atom stereocenters. The van der Waals surface area contributed by atoms with Gasteiger partial charge in [0, 0.05) is 25.7 Å². The standard InChI is InChI=1S/C13H25N5O/c1-5-6-14-11(3)12-15-16-13(19-12)18-8-7-17(4)9-10(18)2/h10-11,14H,5-9H2,1-4H3. The minimum absolute atomic E-state index is 0.115. The highest BCUT2D eigenvalue weighted by molar-refractivity contribution is 5.27. The molecule has 1 N–H and O–H groups in total. The molecule has 19 heavy (non-hydrogen) atoms. The van der Waals surface area contributed by atoms with E-state index in [1.165, 1.54) is 0 Å². The van der Waals surface area contributed by atoms with Gasteiger partial charge in [-0.3, -0.25) is 0 Å². The van der Waals surface area contributed by atoms with E-state index in [9.17, 15) is 0 Å². The van der Waals surface area contributed by atoms with Crippen LogP contribution >= 0.6 is 0 Å². The van der Waals surface area contributed by atoms with E-state index in [1.54, 1.807) is 0 Å². The maximum Gasteiger partial charge on any atom is 0.318 e. The van der Waals surface area contributed by atoms with Gasteiger partial charge < -0.3 is 19.5 Å². The number of anilines is 1. The summed E-state index contributed by atoms with van der Waals surface area (Å²) in [7, 11) is 2.14. The Balaban J connectivity index is 2.00. The van der Waals surface area contributed by atoms with Crippen LogP contribution in [0.5, 0.6) is 0 Å². The third-order valence-electron chi connectivity index (χ3n) is 3.58. The fourth-order valence-electron chi connectivity index (χ4n) is 2.39. The summed E-state index contributed by atoms with van der Waals surface area (Å²) in [6, 6.07) is 1.18. The van der Waals surface area contributed by atoms with Crippen molar-refractivity contribution in [2.45, 2.75) is 39.3 Å². The summed E-state index contributed by atoms with van der Waals surface area (Å²) in [5.74, 6) is 0.676. The van der Waals surface area contributed by atoms with Gasteiger partial charge in [0.15, 0.2) is 0 Å². The summed E-state index contributed by atoms with van der Waals surface area (Å²) in [4.78, 5) is 4.52. The first-order valence-electron chi connectivity index (χ1n) is 7.13. The molecule has 108 valence electrons. The maximum absolute atomic E-state index is 5.81. The summed E-state index contributed by atoms with van der Waals surface area (Å²) in [5.41, 5.74) is 0. The average molecular weight is 267 g/mol. The molecule has 0 radical (unpaired) electrons. The molecule has 0 aromatic carbocycles. The van der Waals surface area contributed by atoms with Gasteiger partial charge in [-0.15, -0.1) is 5.10 Å². The molecule has 0 bridgehead atoms. The lowest BCUT2D eigenvalue weighted by atomic mass is 10.2. The first-order valence-corrected chi connectivity index (χ1v) is 7.13. The summed E-state index contributed by atoms with van der Waals surface area (Å²) >= 11 is 0. The van der Waals surface area contributed by atoms with Crippen molar-refractivity contribution in [2.24, 2.45) is 0 Å². The molecule has 1 aliphatic rings. The molecule has 2 unspecified atom stereocenters. The number of hydrogen-bond donors (Lipinski definition) is 1. The Morgan fingerprint density at radius 2 is 2.21 bits per heavy atom. The van der Waals surface area contributed by atoms with Crippen LogP contribution in [0.2, 0.25) is 0 Å². The Labute approximate surface area is 115 Å². The van der Waals surface area contributed by atoms with Crippen LogP contribution in [0.3, 0.4) is 0 Å². The summed E-state index contributed by atoms with van der Waals surface area (Å²) in [5, 5.41) is 11.7. The average Bonchev–Trinajstić information content (AvgIpc) is 2.85. The molecule has 6 heteroatoms. The third-order valence-corrected chi connectivity index (χ3v) is 3.58. The van der Waals surface area contributed by atoms with Crippen LogP contribution in [0.15, 0.2) is 4.42 Å². The van der Waals surface area contributed by atoms with Crippen LogP contribution in [0.1, 0.15) is 39.1 Å². The van der Waals surface area contributed by atoms with Crippen molar-refractivity contribution in [1.82, 2.24) is 20.4 Å². The molecule has 1 aliphatic heterocycles. The molecule has 0 aliphatic carbocycles. The summed E-state index contributed by atoms with van der Waals surface area (Å²) in [6.45, 7) is 10.4. The van der Waals surface area contributed by atoms with Gasteiger partial charge in [0.25, 0.3) is 0 Å². The van der Waals surface area contributed by atoms with Crippen molar-refractivity contribution in [2.75, 3.05) is 38.1 Å². The van der Waals surface area contributed by atoms with E-state index in [1.807, 2.05) is 0 Å². The molecule has 0 spiro atoms. The van der Waals surface area contributed by atoms with Crippen LogP contribution in [0.25, 0.3) is 0 Å². The van der Waals surface area contributed by atoms with Crippen LogP contribution < -0.4 is 10.2 Å². The topological polar surface area (TPSA) is 57.4 Å². The third kappa shape index (κ3) is 3.45. The highest BCUT2D eigenvalue weighted by atomic mass is 16.4.